The molecule has 1 aliphatic rings. The predicted molar refractivity (Wildman–Crippen MR) is 85.2 cm³/mol. The number of hydrogen-bond donors (Lipinski definition) is 0. The van der Waals surface area contributed by atoms with Crippen LogP contribution in [0, 0.1) is 5.82 Å². The molecule has 0 saturated carbocycles. The third-order valence-corrected chi connectivity index (χ3v) is 4.49. The fraction of sp³-hybridized carbons (Fsp3) is 0.375. The maximum absolute atomic E-state index is 14.4. The average Bonchev–Trinajstić information content (AvgIpc) is 3.04. The van der Waals surface area contributed by atoms with Crippen LogP contribution in [0.15, 0.2) is 24.5 Å². The zero-order valence-corrected chi connectivity index (χ0v) is 13.4. The topological polar surface area (TPSA) is 36.7 Å². The van der Waals surface area contributed by atoms with Crippen molar-refractivity contribution in [3.63, 3.8) is 0 Å². The van der Waals surface area contributed by atoms with Gasteiger partial charge in [0.25, 0.3) is 0 Å². The molecule has 0 spiro atoms. The van der Waals surface area contributed by atoms with Gasteiger partial charge < -0.3 is 9.80 Å². The summed E-state index contributed by atoms with van der Waals surface area (Å²) in [5, 5.41) is 0. The molecule has 0 N–H and O–H groups in total. The Balaban J connectivity index is 1.94. The van der Waals surface area contributed by atoms with E-state index in [9.17, 15) is 17.6 Å². The van der Waals surface area contributed by atoms with Gasteiger partial charge in [0.2, 0.25) is 0 Å². The third kappa shape index (κ3) is 2.68. The molecule has 2 aromatic heterocycles. The van der Waals surface area contributed by atoms with Crippen molar-refractivity contribution in [2.75, 3.05) is 38.1 Å². The highest BCUT2D eigenvalue weighted by molar-refractivity contribution is 5.84. The first kappa shape index (κ1) is 16.1. The molecule has 4 rings (SSSR count). The second-order valence-corrected chi connectivity index (χ2v) is 6.17. The maximum atomic E-state index is 14.4. The van der Waals surface area contributed by atoms with E-state index in [1.807, 2.05) is 11.9 Å². The van der Waals surface area contributed by atoms with Crippen molar-refractivity contribution in [2.24, 2.45) is 0 Å². The van der Waals surface area contributed by atoms with E-state index in [1.165, 1.54) is 16.8 Å². The Hall–Kier alpha value is -2.42. The van der Waals surface area contributed by atoms with Gasteiger partial charge in [0.05, 0.1) is 11.1 Å². The van der Waals surface area contributed by atoms with Gasteiger partial charge in [-0.1, -0.05) is 0 Å². The van der Waals surface area contributed by atoms with E-state index in [4.69, 9.17) is 0 Å². The van der Waals surface area contributed by atoms with Gasteiger partial charge in [0.15, 0.2) is 17.3 Å². The molecular formula is C16H15F4N5. The Labute approximate surface area is 140 Å². The van der Waals surface area contributed by atoms with Crippen LogP contribution in [-0.4, -0.2) is 52.5 Å². The Morgan fingerprint density at radius 1 is 1.08 bits per heavy atom. The molecule has 3 heterocycles. The lowest BCUT2D eigenvalue weighted by atomic mass is 10.1. The first-order chi connectivity index (χ1) is 11.8. The number of benzene rings is 1. The van der Waals surface area contributed by atoms with Gasteiger partial charge >= 0.3 is 6.18 Å². The van der Waals surface area contributed by atoms with Crippen molar-refractivity contribution in [3.05, 3.63) is 35.9 Å². The summed E-state index contributed by atoms with van der Waals surface area (Å²) < 4.78 is 54.9. The van der Waals surface area contributed by atoms with Crippen molar-refractivity contribution in [3.8, 4) is 0 Å². The number of anilines is 1. The molecule has 9 heteroatoms. The zero-order chi connectivity index (χ0) is 17.8. The van der Waals surface area contributed by atoms with Crippen LogP contribution in [-0.2, 0) is 6.18 Å². The highest BCUT2D eigenvalue weighted by Gasteiger charge is 2.32. The summed E-state index contributed by atoms with van der Waals surface area (Å²) in [4.78, 5) is 12.7. The largest absolute Gasteiger partial charge is 0.416 e. The van der Waals surface area contributed by atoms with Gasteiger partial charge in [-0.15, -0.1) is 0 Å². The molecule has 5 nitrogen and oxygen atoms in total. The van der Waals surface area contributed by atoms with Crippen LogP contribution in [0.3, 0.4) is 0 Å². The average molecular weight is 353 g/mol. The lowest BCUT2D eigenvalue weighted by Gasteiger charge is -2.33. The van der Waals surface area contributed by atoms with E-state index < -0.39 is 17.6 Å². The van der Waals surface area contributed by atoms with Gasteiger partial charge in [-0.3, -0.25) is 4.40 Å². The zero-order valence-electron chi connectivity index (χ0n) is 13.4. The lowest BCUT2D eigenvalue weighted by Crippen LogP contribution is -2.45. The van der Waals surface area contributed by atoms with E-state index in [0.717, 1.165) is 19.2 Å². The minimum absolute atomic E-state index is 0.0534. The summed E-state index contributed by atoms with van der Waals surface area (Å²) in [5.74, 6) is -0.500. The number of likely N-dealkylation sites (N-methyl/N-ethyl adjacent to an activating group) is 1. The number of rotatable bonds is 1. The van der Waals surface area contributed by atoms with Crippen molar-refractivity contribution >= 4 is 22.5 Å². The molecule has 1 fully saturated rings. The molecule has 132 valence electrons. The van der Waals surface area contributed by atoms with Crippen molar-refractivity contribution in [1.82, 2.24) is 19.3 Å². The van der Waals surface area contributed by atoms with Gasteiger partial charge in [0.1, 0.15) is 5.52 Å². The summed E-state index contributed by atoms with van der Waals surface area (Å²) in [6.45, 7) is 3.03. The molecule has 0 atom stereocenters. The standard InChI is InChI=1S/C16H15F4N5/c1-23-4-6-24(7-5-23)15-14-21-2-3-25(14)12-9-10(16(18,19)20)8-11(17)13(12)22-15/h2-3,8-9H,4-7H2,1H3. The maximum Gasteiger partial charge on any atom is 0.416 e. The Morgan fingerprint density at radius 3 is 2.48 bits per heavy atom. The van der Waals surface area contributed by atoms with Crippen LogP contribution in [0.25, 0.3) is 16.7 Å². The molecule has 1 aromatic carbocycles. The van der Waals surface area contributed by atoms with Crippen LogP contribution in [0.1, 0.15) is 5.56 Å². The summed E-state index contributed by atoms with van der Waals surface area (Å²) >= 11 is 0. The van der Waals surface area contributed by atoms with Crippen molar-refractivity contribution < 1.29 is 17.6 Å². The highest BCUT2D eigenvalue weighted by Crippen LogP contribution is 2.34. The molecule has 3 aromatic rings. The molecule has 0 amide bonds. The molecule has 0 unspecified atom stereocenters. The summed E-state index contributed by atoms with van der Waals surface area (Å²) in [6, 6.07) is 1.40. The molecule has 1 aliphatic heterocycles. The molecule has 0 aliphatic carbocycles. The quantitative estimate of drug-likeness (QED) is 0.631. The normalized spacial score (nSPS) is 16.9. The minimum atomic E-state index is -4.63. The van der Waals surface area contributed by atoms with Crippen molar-refractivity contribution in [2.45, 2.75) is 6.18 Å². The smallest absolute Gasteiger partial charge is 0.351 e. The van der Waals surface area contributed by atoms with E-state index in [2.05, 4.69) is 14.9 Å². The number of alkyl halides is 3. The Kier molecular flexibility index (Phi) is 3.57. The first-order valence-corrected chi connectivity index (χ1v) is 7.81. The van der Waals surface area contributed by atoms with Crippen molar-refractivity contribution in [1.29, 1.82) is 0 Å². The second kappa shape index (κ2) is 5.55. The number of aromatic nitrogens is 3. The van der Waals surface area contributed by atoms with E-state index in [1.54, 1.807) is 0 Å². The summed E-state index contributed by atoms with van der Waals surface area (Å²) in [7, 11) is 2.01. The van der Waals surface area contributed by atoms with Gasteiger partial charge in [-0.25, -0.2) is 14.4 Å². The van der Waals surface area contributed by atoms with E-state index >= 15 is 0 Å². The van der Waals surface area contributed by atoms with E-state index in [-0.39, 0.29) is 11.0 Å². The molecule has 25 heavy (non-hydrogen) atoms. The lowest BCUT2D eigenvalue weighted by molar-refractivity contribution is -0.137. The number of halogens is 4. The SMILES string of the molecule is CN1CCN(c2nc3c(F)cc(C(F)(F)F)cc3n3ccnc23)CC1. The van der Waals surface area contributed by atoms with Crippen LogP contribution >= 0.6 is 0 Å². The summed E-state index contributed by atoms with van der Waals surface area (Å²) in [6.07, 6.45) is -1.62. The fourth-order valence-electron chi connectivity index (χ4n) is 3.09. The number of nitrogens with zero attached hydrogens (tertiary/aromatic N) is 5. The summed E-state index contributed by atoms with van der Waals surface area (Å²) in [5.41, 5.74) is -0.650. The molecule has 1 saturated heterocycles. The van der Waals surface area contributed by atoms with Crippen LogP contribution in [0.2, 0.25) is 0 Å². The van der Waals surface area contributed by atoms with E-state index in [0.29, 0.717) is 30.6 Å². The van der Waals surface area contributed by atoms with Crippen LogP contribution in [0.4, 0.5) is 23.4 Å². The number of hydrogen-bond acceptors (Lipinski definition) is 4. The van der Waals surface area contributed by atoms with Crippen LogP contribution < -0.4 is 4.90 Å². The molecular weight excluding hydrogens is 338 g/mol. The molecule has 0 radical (unpaired) electrons. The number of piperazine rings is 1. The third-order valence-electron chi connectivity index (χ3n) is 4.49. The van der Waals surface area contributed by atoms with Crippen LogP contribution in [0.5, 0.6) is 0 Å². The second-order valence-electron chi connectivity index (χ2n) is 6.17. The van der Waals surface area contributed by atoms with Gasteiger partial charge in [-0.2, -0.15) is 13.2 Å². The monoisotopic (exact) mass is 353 g/mol. The Bertz CT molecular complexity index is 941. The fourth-order valence-corrected chi connectivity index (χ4v) is 3.09. The highest BCUT2D eigenvalue weighted by atomic mass is 19.4. The Morgan fingerprint density at radius 2 is 1.80 bits per heavy atom. The van der Waals surface area contributed by atoms with Gasteiger partial charge in [0, 0.05) is 38.6 Å². The predicted octanol–water partition coefficient (Wildman–Crippen LogP) is 2.79. The van der Waals surface area contributed by atoms with Gasteiger partial charge in [-0.05, 0) is 19.2 Å². The first-order valence-electron chi connectivity index (χ1n) is 7.81. The number of fused-ring (bicyclic) bond motifs is 3. The number of imidazole rings is 1. The minimum Gasteiger partial charge on any atom is -0.351 e. The molecule has 0 bridgehead atoms.